The van der Waals surface area contributed by atoms with Gasteiger partial charge in [0, 0.05) is 10.0 Å². The highest BCUT2D eigenvalue weighted by molar-refractivity contribution is 9.10. The minimum absolute atomic E-state index is 0.0489. The van der Waals surface area contributed by atoms with Gasteiger partial charge in [0.1, 0.15) is 11.5 Å². The predicted octanol–water partition coefficient (Wildman–Crippen LogP) is 5.04. The minimum Gasteiger partial charge on any atom is -0.457 e. The van der Waals surface area contributed by atoms with Gasteiger partial charge in [-0.3, -0.25) is 0 Å². The average molecular weight is 348 g/mol. The van der Waals surface area contributed by atoms with Crippen LogP contribution in [0.3, 0.4) is 0 Å². The number of halogens is 1. The van der Waals surface area contributed by atoms with Crippen molar-refractivity contribution in [3.8, 4) is 11.5 Å². The standard InChI is InChI=1S/C18H22BrNO/c1-18(2,3)15-6-4-5-7-17(15)21-14-9-8-13(10-11-20)16(19)12-14/h4-9,12H,10-11,20H2,1-3H3. The van der Waals surface area contributed by atoms with E-state index in [1.54, 1.807) is 0 Å². The molecule has 2 aromatic rings. The van der Waals surface area contributed by atoms with Crippen molar-refractivity contribution in [2.75, 3.05) is 6.54 Å². The molecular weight excluding hydrogens is 326 g/mol. The van der Waals surface area contributed by atoms with Crippen LogP contribution in [0.15, 0.2) is 46.9 Å². The van der Waals surface area contributed by atoms with Crippen LogP contribution in [0.1, 0.15) is 31.9 Å². The molecule has 0 saturated carbocycles. The summed E-state index contributed by atoms with van der Waals surface area (Å²) in [4.78, 5) is 0. The number of hydrogen-bond donors (Lipinski definition) is 1. The summed E-state index contributed by atoms with van der Waals surface area (Å²) in [6.07, 6.45) is 0.861. The van der Waals surface area contributed by atoms with E-state index in [-0.39, 0.29) is 5.41 Å². The molecule has 0 atom stereocenters. The second-order valence-corrected chi connectivity index (χ2v) is 6.99. The number of para-hydroxylation sites is 1. The number of nitrogens with two attached hydrogens (primary N) is 1. The monoisotopic (exact) mass is 347 g/mol. The molecule has 0 aliphatic carbocycles. The molecule has 2 rings (SSSR count). The van der Waals surface area contributed by atoms with Gasteiger partial charge in [0.2, 0.25) is 0 Å². The van der Waals surface area contributed by atoms with E-state index >= 15 is 0 Å². The first kappa shape index (κ1) is 16.1. The van der Waals surface area contributed by atoms with E-state index in [1.807, 2.05) is 30.3 Å². The predicted molar refractivity (Wildman–Crippen MR) is 92.1 cm³/mol. The first-order valence-electron chi connectivity index (χ1n) is 7.17. The first-order valence-corrected chi connectivity index (χ1v) is 7.97. The molecule has 112 valence electrons. The Bertz CT molecular complexity index is 617. The number of benzene rings is 2. The molecule has 0 aliphatic heterocycles. The number of hydrogen-bond acceptors (Lipinski definition) is 2. The van der Waals surface area contributed by atoms with Gasteiger partial charge in [0.25, 0.3) is 0 Å². The Morgan fingerprint density at radius 1 is 1.10 bits per heavy atom. The van der Waals surface area contributed by atoms with Crippen molar-refractivity contribution in [2.45, 2.75) is 32.6 Å². The molecular formula is C18H22BrNO. The molecule has 0 amide bonds. The van der Waals surface area contributed by atoms with Crippen LogP contribution in [0.2, 0.25) is 0 Å². The summed E-state index contributed by atoms with van der Waals surface area (Å²) in [6.45, 7) is 7.21. The first-order chi connectivity index (χ1) is 9.91. The Morgan fingerprint density at radius 2 is 1.81 bits per heavy atom. The van der Waals surface area contributed by atoms with Gasteiger partial charge >= 0.3 is 0 Å². The van der Waals surface area contributed by atoms with Crippen molar-refractivity contribution in [2.24, 2.45) is 5.73 Å². The fourth-order valence-corrected chi connectivity index (χ4v) is 2.81. The largest absolute Gasteiger partial charge is 0.457 e. The molecule has 0 unspecified atom stereocenters. The third-order valence-corrected chi connectivity index (χ3v) is 4.10. The Labute approximate surface area is 135 Å². The SMILES string of the molecule is CC(C)(C)c1ccccc1Oc1ccc(CCN)c(Br)c1. The lowest BCUT2D eigenvalue weighted by Crippen LogP contribution is -2.12. The highest BCUT2D eigenvalue weighted by atomic mass is 79.9. The zero-order valence-electron chi connectivity index (χ0n) is 12.8. The maximum atomic E-state index is 6.09. The fourth-order valence-electron chi connectivity index (χ4n) is 2.25. The van der Waals surface area contributed by atoms with E-state index in [9.17, 15) is 0 Å². The van der Waals surface area contributed by atoms with Gasteiger partial charge in [-0.15, -0.1) is 0 Å². The molecule has 0 heterocycles. The zero-order valence-corrected chi connectivity index (χ0v) is 14.4. The van der Waals surface area contributed by atoms with Crippen molar-refractivity contribution in [1.29, 1.82) is 0 Å². The summed E-state index contributed by atoms with van der Waals surface area (Å²) in [5.74, 6) is 1.74. The lowest BCUT2D eigenvalue weighted by Gasteiger charge is -2.22. The highest BCUT2D eigenvalue weighted by Crippen LogP contribution is 2.35. The lowest BCUT2D eigenvalue weighted by molar-refractivity contribution is 0.455. The van der Waals surface area contributed by atoms with Gasteiger partial charge in [-0.25, -0.2) is 0 Å². The summed E-state index contributed by atoms with van der Waals surface area (Å²) in [5, 5.41) is 0. The average Bonchev–Trinajstić information content (AvgIpc) is 2.41. The van der Waals surface area contributed by atoms with Crippen molar-refractivity contribution >= 4 is 15.9 Å². The topological polar surface area (TPSA) is 35.2 Å². The second-order valence-electron chi connectivity index (χ2n) is 6.14. The van der Waals surface area contributed by atoms with Crippen LogP contribution in [-0.2, 0) is 11.8 Å². The Balaban J connectivity index is 2.29. The minimum atomic E-state index is 0.0489. The molecule has 3 heteroatoms. The van der Waals surface area contributed by atoms with Crippen LogP contribution in [0.5, 0.6) is 11.5 Å². The molecule has 0 saturated heterocycles. The molecule has 0 aliphatic rings. The van der Waals surface area contributed by atoms with Gasteiger partial charge < -0.3 is 10.5 Å². The molecule has 21 heavy (non-hydrogen) atoms. The molecule has 2 N–H and O–H groups in total. The summed E-state index contributed by atoms with van der Waals surface area (Å²) in [6, 6.07) is 14.2. The zero-order chi connectivity index (χ0) is 15.5. The van der Waals surface area contributed by atoms with E-state index in [0.29, 0.717) is 6.54 Å². The van der Waals surface area contributed by atoms with E-state index in [1.165, 1.54) is 11.1 Å². The normalized spacial score (nSPS) is 11.5. The number of rotatable bonds is 4. The summed E-state index contributed by atoms with van der Waals surface area (Å²) in [5.41, 5.74) is 8.06. The van der Waals surface area contributed by atoms with Crippen LogP contribution in [0.25, 0.3) is 0 Å². The van der Waals surface area contributed by atoms with Gasteiger partial charge in [0.15, 0.2) is 0 Å². The summed E-state index contributed by atoms with van der Waals surface area (Å²) >= 11 is 3.58. The van der Waals surface area contributed by atoms with Crippen LogP contribution in [-0.4, -0.2) is 6.54 Å². The fraction of sp³-hybridized carbons (Fsp3) is 0.333. The molecule has 0 bridgehead atoms. The van der Waals surface area contributed by atoms with Gasteiger partial charge in [-0.1, -0.05) is 61.0 Å². The maximum Gasteiger partial charge on any atom is 0.131 e. The van der Waals surface area contributed by atoms with Crippen molar-refractivity contribution in [3.05, 3.63) is 58.1 Å². The van der Waals surface area contributed by atoms with Crippen LogP contribution in [0.4, 0.5) is 0 Å². The lowest BCUT2D eigenvalue weighted by atomic mass is 9.86. The quantitative estimate of drug-likeness (QED) is 0.840. The third kappa shape index (κ3) is 4.08. The molecule has 2 nitrogen and oxygen atoms in total. The van der Waals surface area contributed by atoms with Crippen molar-refractivity contribution in [3.63, 3.8) is 0 Å². The van der Waals surface area contributed by atoms with E-state index < -0.39 is 0 Å². The number of ether oxygens (including phenoxy) is 1. The summed E-state index contributed by atoms with van der Waals surface area (Å²) < 4.78 is 7.13. The highest BCUT2D eigenvalue weighted by Gasteiger charge is 2.18. The van der Waals surface area contributed by atoms with Gasteiger partial charge in [-0.05, 0) is 42.1 Å². The third-order valence-electron chi connectivity index (χ3n) is 3.36. The summed E-state index contributed by atoms with van der Waals surface area (Å²) in [7, 11) is 0. The Morgan fingerprint density at radius 3 is 2.43 bits per heavy atom. The van der Waals surface area contributed by atoms with Crippen molar-refractivity contribution in [1.82, 2.24) is 0 Å². The molecule has 2 aromatic carbocycles. The smallest absolute Gasteiger partial charge is 0.131 e. The van der Waals surface area contributed by atoms with Crippen LogP contribution >= 0.6 is 15.9 Å². The maximum absolute atomic E-state index is 6.09. The van der Waals surface area contributed by atoms with E-state index in [2.05, 4.69) is 48.8 Å². The molecule has 0 spiro atoms. The molecule has 0 aromatic heterocycles. The molecule has 0 fully saturated rings. The second kappa shape index (κ2) is 6.63. The van der Waals surface area contributed by atoms with E-state index in [0.717, 1.165) is 22.4 Å². The Hall–Kier alpha value is -1.32. The van der Waals surface area contributed by atoms with Crippen LogP contribution in [0, 0.1) is 0 Å². The van der Waals surface area contributed by atoms with Crippen LogP contribution < -0.4 is 10.5 Å². The molecule has 0 radical (unpaired) electrons. The van der Waals surface area contributed by atoms with Gasteiger partial charge in [0.05, 0.1) is 0 Å². The van der Waals surface area contributed by atoms with Gasteiger partial charge in [-0.2, -0.15) is 0 Å². The van der Waals surface area contributed by atoms with Crippen molar-refractivity contribution < 1.29 is 4.74 Å². The Kier molecular flexibility index (Phi) is 5.07. The van der Waals surface area contributed by atoms with E-state index in [4.69, 9.17) is 10.5 Å².